The number of ketones is 1. The zero-order valence-electron chi connectivity index (χ0n) is 27.0. The summed E-state index contributed by atoms with van der Waals surface area (Å²) >= 11 is 0. The molecule has 0 aromatic heterocycles. The van der Waals surface area contributed by atoms with Crippen molar-refractivity contribution >= 4 is 49.4 Å². The number of carbonyl (C=O) groups is 1. The second-order valence-electron chi connectivity index (χ2n) is 8.18. The third-order valence-corrected chi connectivity index (χ3v) is 12.8. The molecule has 6 heteroatoms. The monoisotopic (exact) mass is 590 g/mol. The Labute approximate surface area is 242 Å². The zero-order chi connectivity index (χ0) is 28.6. The van der Waals surface area contributed by atoms with Crippen LogP contribution in [-0.4, -0.2) is 90.0 Å². The predicted octanol–water partition coefficient (Wildman–Crippen LogP) is 7.41. The Hall–Kier alpha value is 1.03. The molecule has 4 aliphatic heterocycles. The van der Waals surface area contributed by atoms with Gasteiger partial charge < -0.3 is 4.74 Å². The van der Waals surface area contributed by atoms with Crippen LogP contribution in [-0.2, 0) is 53.1 Å². The van der Waals surface area contributed by atoms with Crippen LogP contribution in [0.15, 0.2) is 0 Å². The predicted molar refractivity (Wildman–Crippen MR) is 186 cm³/mol. The molecule has 4 rings (SSSR count). The summed E-state index contributed by atoms with van der Waals surface area (Å²) in [4.78, 5) is 10.6. The van der Waals surface area contributed by atoms with Gasteiger partial charge in [-0.05, 0) is 75.7 Å². The van der Waals surface area contributed by atoms with Gasteiger partial charge in [0.1, 0.15) is 51.8 Å². The first-order valence-electron chi connectivity index (χ1n) is 14.9. The molecule has 0 bridgehead atoms. The van der Waals surface area contributed by atoms with E-state index in [-0.39, 0.29) is 0 Å². The number of Topliss-reactive ketones (excluding diaryl/α,β-unsaturated/α-hetero) is 1. The van der Waals surface area contributed by atoms with Crippen molar-refractivity contribution in [1.82, 2.24) is 0 Å². The van der Waals surface area contributed by atoms with Crippen molar-refractivity contribution in [3.8, 4) is 0 Å². The first-order chi connectivity index (χ1) is 17.5. The Morgan fingerprint density at radius 2 is 0.722 bits per heavy atom. The fourth-order valence-electron chi connectivity index (χ4n) is 3.18. The van der Waals surface area contributed by atoms with Gasteiger partial charge in [-0.15, -0.1) is 0 Å². The highest BCUT2D eigenvalue weighted by Gasteiger charge is 2.21. The molecule has 0 unspecified atom stereocenters. The Morgan fingerprint density at radius 3 is 0.944 bits per heavy atom. The summed E-state index contributed by atoms with van der Waals surface area (Å²) in [5.41, 5.74) is 0. The topological polar surface area (TPSA) is 26.3 Å². The Morgan fingerprint density at radius 1 is 0.444 bits per heavy atom. The van der Waals surface area contributed by atoms with Crippen molar-refractivity contribution < 1.29 is 9.53 Å². The number of hydrogen-bond donors (Lipinski definition) is 0. The van der Waals surface area contributed by atoms with E-state index >= 15 is 0 Å². The third-order valence-electron chi connectivity index (χ3n) is 5.33. The maximum absolute atomic E-state index is 10.6. The fourth-order valence-corrected chi connectivity index (χ4v) is 8.75. The lowest BCUT2D eigenvalue weighted by Gasteiger charge is -2.09. The lowest BCUT2D eigenvalue weighted by atomic mass is 10.2. The number of hydrogen-bond acceptors (Lipinski definition) is 2. The summed E-state index contributed by atoms with van der Waals surface area (Å²) in [5.74, 6) is 11.4. The third kappa shape index (κ3) is 35.0. The molecule has 0 atom stereocenters. The van der Waals surface area contributed by atoms with Crippen molar-refractivity contribution in [1.29, 1.82) is 0 Å². The van der Waals surface area contributed by atoms with E-state index in [0.717, 1.165) is 59.4 Å². The van der Waals surface area contributed by atoms with Gasteiger partial charge >= 0.3 is 0 Å². The second kappa shape index (κ2) is 38.2. The van der Waals surface area contributed by atoms with Gasteiger partial charge in [0.15, 0.2) is 0 Å². The molecule has 0 saturated carbocycles. The van der Waals surface area contributed by atoms with E-state index in [4.69, 9.17) is 4.74 Å². The van der Waals surface area contributed by atoms with Crippen LogP contribution in [0.5, 0.6) is 0 Å². The molecule has 0 aliphatic carbocycles. The van der Waals surface area contributed by atoms with E-state index in [9.17, 15) is 4.79 Å². The molecule has 0 aromatic rings. The van der Waals surface area contributed by atoms with Gasteiger partial charge in [0, 0.05) is 0 Å². The van der Waals surface area contributed by atoms with Gasteiger partial charge in [0.05, 0.1) is 51.1 Å². The molecule has 4 fully saturated rings. The molecular formula is C30H70O2S4+4. The summed E-state index contributed by atoms with van der Waals surface area (Å²) in [6, 6.07) is 0. The molecule has 4 heterocycles. The highest BCUT2D eigenvalue weighted by Crippen LogP contribution is 2.10. The molecule has 0 spiro atoms. The van der Waals surface area contributed by atoms with E-state index in [1.165, 1.54) is 66.6 Å². The van der Waals surface area contributed by atoms with Gasteiger partial charge in [-0.3, -0.25) is 4.79 Å². The largest absolute Gasteiger partial charge is 0.372 e. The average molecular weight is 591 g/mol. The Kier molecular flexibility index (Phi) is 46.7. The summed E-state index contributed by atoms with van der Waals surface area (Å²) < 4.78 is 5.15. The Bertz CT molecular complexity index is 353. The summed E-state index contributed by atoms with van der Waals surface area (Å²) in [5, 5.41) is 0. The summed E-state index contributed by atoms with van der Waals surface area (Å²) in [6.07, 6.45) is 18.5. The molecular weight excluding hydrogens is 521 g/mol. The van der Waals surface area contributed by atoms with Crippen molar-refractivity contribution in [2.24, 2.45) is 0 Å². The lowest BCUT2D eigenvalue weighted by Crippen LogP contribution is -2.24. The molecule has 0 N–H and O–H groups in total. The van der Waals surface area contributed by atoms with Crippen LogP contribution in [0, 0.1) is 0 Å². The SMILES string of the molecule is CC.CC.CC.CC.C[S+]1CCC(=O)CC1.C[S+]1CCCC1.C[S+]1CCCCC1.C[S+]1CCOCC1. The second-order valence-corrected chi connectivity index (χ2v) is 17.7. The summed E-state index contributed by atoms with van der Waals surface area (Å²) in [6.45, 7) is 18.0. The van der Waals surface area contributed by atoms with Gasteiger partial charge in [0.25, 0.3) is 0 Å². The first-order valence-corrected chi connectivity index (χ1v) is 22.8. The number of rotatable bonds is 0. The maximum Gasteiger partial charge on any atom is 0.142 e. The van der Waals surface area contributed by atoms with Gasteiger partial charge in [-0.1, -0.05) is 55.4 Å². The number of carbonyl (C=O) groups excluding carboxylic acids is 1. The van der Waals surface area contributed by atoms with Crippen molar-refractivity contribution in [3.63, 3.8) is 0 Å². The van der Waals surface area contributed by atoms with Crippen molar-refractivity contribution in [2.75, 3.05) is 84.3 Å². The van der Waals surface area contributed by atoms with Crippen molar-refractivity contribution in [3.05, 3.63) is 0 Å². The average Bonchev–Trinajstić information content (AvgIpc) is 3.43. The van der Waals surface area contributed by atoms with Crippen LogP contribution < -0.4 is 0 Å². The van der Waals surface area contributed by atoms with Gasteiger partial charge in [0.2, 0.25) is 0 Å². The highest BCUT2D eigenvalue weighted by atomic mass is 32.2. The van der Waals surface area contributed by atoms with Crippen LogP contribution in [0.4, 0.5) is 0 Å². The molecule has 36 heavy (non-hydrogen) atoms. The van der Waals surface area contributed by atoms with E-state index in [1.54, 1.807) is 0 Å². The minimum Gasteiger partial charge on any atom is -0.372 e. The standard InChI is InChI=1S/C6H11OS.C6H13S.C5H11OS.C5H11S.4C2H6/c1-8-4-2-6(7)3-5-8;1-7-5-3-2-4-6-7;1-7-4-2-6-3-5-7;1-6-4-2-3-5-6;4*1-2/h2-5H2,1H3;2-6H2,1H3;2-5H2,1H3;2-5H2,1H3;4*1-2H3/q4*+1;;;;. The zero-order valence-corrected chi connectivity index (χ0v) is 30.2. The van der Waals surface area contributed by atoms with E-state index in [1.807, 2.05) is 55.4 Å². The molecule has 2 nitrogen and oxygen atoms in total. The fraction of sp³-hybridized carbons (Fsp3) is 0.967. The van der Waals surface area contributed by atoms with Crippen LogP contribution in [0.1, 0.15) is 100 Å². The minimum absolute atomic E-state index is 0.468. The van der Waals surface area contributed by atoms with Gasteiger partial charge in [-0.2, -0.15) is 0 Å². The molecule has 4 aliphatic rings. The van der Waals surface area contributed by atoms with E-state index < -0.39 is 0 Å². The van der Waals surface area contributed by atoms with Crippen LogP contribution in [0.2, 0.25) is 0 Å². The Balaban J connectivity index is -0.000000174. The van der Waals surface area contributed by atoms with Crippen molar-refractivity contribution in [2.45, 2.75) is 100 Å². The lowest BCUT2D eigenvalue weighted by molar-refractivity contribution is -0.118. The molecule has 4 saturated heterocycles. The highest BCUT2D eigenvalue weighted by molar-refractivity contribution is 7.97. The molecule has 0 aromatic carbocycles. The van der Waals surface area contributed by atoms with Crippen LogP contribution in [0.25, 0.3) is 0 Å². The first kappa shape index (κ1) is 44.1. The minimum atomic E-state index is 0.468. The smallest absolute Gasteiger partial charge is 0.142 e. The maximum atomic E-state index is 10.6. The van der Waals surface area contributed by atoms with Crippen LogP contribution >= 0.6 is 0 Å². The van der Waals surface area contributed by atoms with E-state index in [0.29, 0.717) is 27.6 Å². The normalized spacial score (nSPS) is 20.1. The molecule has 0 amide bonds. The quantitative estimate of drug-likeness (QED) is 0.275. The van der Waals surface area contributed by atoms with Gasteiger partial charge in [-0.25, -0.2) is 0 Å². The number of ether oxygens (including phenoxy) is 1. The van der Waals surface area contributed by atoms with E-state index in [2.05, 4.69) is 25.0 Å². The summed E-state index contributed by atoms with van der Waals surface area (Å²) in [7, 11) is 2.89. The van der Waals surface area contributed by atoms with Crippen LogP contribution in [0.3, 0.4) is 0 Å². The molecule has 0 radical (unpaired) electrons. The molecule has 222 valence electrons.